The third kappa shape index (κ3) is 7.75. The maximum absolute atomic E-state index is 12.1. The number of allylic oxidation sites excluding steroid dienone is 1. The Hall–Kier alpha value is -2.94. The Morgan fingerprint density at radius 3 is 2.29 bits per heavy atom. The molecule has 0 aliphatic heterocycles. The Labute approximate surface area is 167 Å². The van der Waals surface area contributed by atoms with E-state index < -0.39 is 0 Å². The molecule has 3 heteroatoms. The molecule has 146 valence electrons. The van der Waals surface area contributed by atoms with E-state index in [0.717, 1.165) is 37.7 Å². The molecule has 0 saturated heterocycles. The van der Waals surface area contributed by atoms with Gasteiger partial charge in [0.05, 0.1) is 6.61 Å². The smallest absolute Gasteiger partial charge is 0.333 e. The maximum atomic E-state index is 12.1. The zero-order valence-corrected chi connectivity index (χ0v) is 16.5. The molecular formula is C25H28O3. The van der Waals surface area contributed by atoms with E-state index in [1.54, 1.807) is 13.0 Å². The molecule has 0 aromatic heterocycles. The van der Waals surface area contributed by atoms with Crippen molar-refractivity contribution in [3.05, 3.63) is 89.5 Å². The first-order chi connectivity index (χ1) is 13.6. The van der Waals surface area contributed by atoms with Crippen molar-refractivity contribution in [1.29, 1.82) is 0 Å². The molecule has 0 amide bonds. The first-order valence-corrected chi connectivity index (χ1v) is 9.75. The summed E-state index contributed by atoms with van der Waals surface area (Å²) in [5.74, 6) is -0.293. The number of carbonyl (C=O) groups is 2. The number of unbranched alkanes of at least 4 members (excludes halogenated alkanes) is 3. The summed E-state index contributed by atoms with van der Waals surface area (Å²) < 4.78 is 5.08. The lowest BCUT2D eigenvalue weighted by Gasteiger charge is -2.05. The van der Waals surface area contributed by atoms with Crippen molar-refractivity contribution in [2.75, 3.05) is 6.61 Å². The Morgan fingerprint density at radius 1 is 0.929 bits per heavy atom. The summed E-state index contributed by atoms with van der Waals surface area (Å²) >= 11 is 0. The highest BCUT2D eigenvalue weighted by molar-refractivity contribution is 6.06. The van der Waals surface area contributed by atoms with E-state index in [1.807, 2.05) is 48.5 Å². The summed E-state index contributed by atoms with van der Waals surface area (Å²) in [6, 6.07) is 17.6. The van der Waals surface area contributed by atoms with Gasteiger partial charge >= 0.3 is 5.97 Å². The Bertz CT molecular complexity index is 801. The monoisotopic (exact) mass is 376 g/mol. The fourth-order valence-corrected chi connectivity index (χ4v) is 2.74. The average molecular weight is 376 g/mol. The van der Waals surface area contributed by atoms with Gasteiger partial charge in [-0.2, -0.15) is 0 Å². The van der Waals surface area contributed by atoms with Crippen LogP contribution in [0.3, 0.4) is 0 Å². The quantitative estimate of drug-likeness (QED) is 0.215. The van der Waals surface area contributed by atoms with Gasteiger partial charge in [0.1, 0.15) is 0 Å². The number of carbonyl (C=O) groups excluding carboxylic acids is 2. The van der Waals surface area contributed by atoms with Gasteiger partial charge in [0.25, 0.3) is 0 Å². The second-order valence-electron chi connectivity index (χ2n) is 6.89. The van der Waals surface area contributed by atoms with E-state index in [1.165, 1.54) is 5.56 Å². The largest absolute Gasteiger partial charge is 0.462 e. The number of ether oxygens (including phenoxy) is 1. The van der Waals surface area contributed by atoms with Crippen LogP contribution >= 0.6 is 0 Å². The van der Waals surface area contributed by atoms with Crippen LogP contribution in [-0.2, 0) is 16.0 Å². The molecule has 2 rings (SSSR count). The fourth-order valence-electron chi connectivity index (χ4n) is 2.74. The minimum absolute atomic E-state index is 0.0126. The van der Waals surface area contributed by atoms with E-state index in [9.17, 15) is 9.59 Å². The highest BCUT2D eigenvalue weighted by atomic mass is 16.5. The van der Waals surface area contributed by atoms with Gasteiger partial charge in [-0.1, -0.05) is 80.1 Å². The molecule has 0 fully saturated rings. The van der Waals surface area contributed by atoms with Gasteiger partial charge in [-0.15, -0.1) is 0 Å². The molecule has 0 spiro atoms. The van der Waals surface area contributed by atoms with Crippen LogP contribution < -0.4 is 0 Å². The zero-order valence-electron chi connectivity index (χ0n) is 16.5. The number of esters is 1. The minimum atomic E-state index is -0.306. The van der Waals surface area contributed by atoms with Gasteiger partial charge in [-0.25, -0.2) is 4.79 Å². The highest BCUT2D eigenvalue weighted by Gasteiger charge is 2.02. The predicted octanol–water partition coefficient (Wildman–Crippen LogP) is 5.80. The molecule has 0 atom stereocenters. The summed E-state index contributed by atoms with van der Waals surface area (Å²) in [5, 5.41) is 0. The summed E-state index contributed by atoms with van der Waals surface area (Å²) in [4.78, 5) is 23.3. The van der Waals surface area contributed by atoms with Crippen LogP contribution in [-0.4, -0.2) is 18.4 Å². The minimum Gasteiger partial charge on any atom is -0.462 e. The second-order valence-corrected chi connectivity index (χ2v) is 6.89. The van der Waals surface area contributed by atoms with Crippen molar-refractivity contribution >= 4 is 17.8 Å². The van der Waals surface area contributed by atoms with Crippen LogP contribution in [0.4, 0.5) is 0 Å². The lowest BCUT2D eigenvalue weighted by Crippen LogP contribution is -2.06. The standard InChI is InChI=1S/C25H28O3/c1-20(2)25(27)28-19-9-4-3-6-10-21-13-15-22(16-14-21)17-18-24(26)23-11-7-5-8-12-23/h5,7-8,11-18H,1,3-4,6,9-10,19H2,2H3. The van der Waals surface area contributed by atoms with Crippen LogP contribution in [0.5, 0.6) is 0 Å². The topological polar surface area (TPSA) is 43.4 Å². The van der Waals surface area contributed by atoms with Crippen molar-refractivity contribution in [3.63, 3.8) is 0 Å². The van der Waals surface area contributed by atoms with Gasteiger partial charge in [0, 0.05) is 11.1 Å². The fraction of sp³-hybridized carbons (Fsp3) is 0.280. The van der Waals surface area contributed by atoms with E-state index in [2.05, 4.69) is 18.7 Å². The van der Waals surface area contributed by atoms with Crippen LogP contribution in [0.1, 0.15) is 54.1 Å². The van der Waals surface area contributed by atoms with Crippen LogP contribution in [0.2, 0.25) is 0 Å². The third-order valence-electron chi connectivity index (χ3n) is 4.41. The Kier molecular flexibility index (Phi) is 8.93. The lowest BCUT2D eigenvalue weighted by atomic mass is 10.0. The summed E-state index contributed by atoms with van der Waals surface area (Å²) in [7, 11) is 0. The van der Waals surface area contributed by atoms with E-state index in [4.69, 9.17) is 4.74 Å². The SMILES string of the molecule is C=C(C)C(=O)OCCCCCCc1ccc(C=CC(=O)c2ccccc2)cc1. The molecule has 0 bridgehead atoms. The summed E-state index contributed by atoms with van der Waals surface area (Å²) in [5.41, 5.74) is 3.46. The van der Waals surface area contributed by atoms with Gasteiger partial charge in [-0.3, -0.25) is 4.79 Å². The molecule has 2 aromatic carbocycles. The molecule has 28 heavy (non-hydrogen) atoms. The first-order valence-electron chi connectivity index (χ1n) is 9.75. The normalized spacial score (nSPS) is 10.8. The molecule has 2 aromatic rings. The predicted molar refractivity (Wildman–Crippen MR) is 114 cm³/mol. The first kappa shape index (κ1) is 21.4. The number of benzene rings is 2. The summed E-state index contributed by atoms with van der Waals surface area (Å²) in [6.07, 6.45) is 8.65. The van der Waals surface area contributed by atoms with Crippen molar-refractivity contribution in [2.24, 2.45) is 0 Å². The van der Waals surface area contributed by atoms with Crippen molar-refractivity contribution in [2.45, 2.75) is 39.0 Å². The van der Waals surface area contributed by atoms with Gasteiger partial charge in [0.15, 0.2) is 5.78 Å². The molecule has 0 aliphatic rings. The number of hydrogen-bond acceptors (Lipinski definition) is 3. The number of rotatable bonds is 11. The lowest BCUT2D eigenvalue weighted by molar-refractivity contribution is -0.139. The average Bonchev–Trinajstić information content (AvgIpc) is 2.72. The van der Waals surface area contributed by atoms with Crippen LogP contribution in [0.25, 0.3) is 6.08 Å². The van der Waals surface area contributed by atoms with E-state index in [-0.39, 0.29) is 11.8 Å². The van der Waals surface area contributed by atoms with E-state index >= 15 is 0 Å². The molecule has 0 aliphatic carbocycles. The third-order valence-corrected chi connectivity index (χ3v) is 4.41. The van der Waals surface area contributed by atoms with E-state index in [0.29, 0.717) is 17.7 Å². The molecule has 0 saturated carbocycles. The molecule has 0 radical (unpaired) electrons. The van der Waals surface area contributed by atoms with Crippen molar-refractivity contribution in [3.8, 4) is 0 Å². The van der Waals surface area contributed by atoms with Gasteiger partial charge < -0.3 is 4.74 Å². The summed E-state index contributed by atoms with van der Waals surface area (Å²) in [6.45, 7) is 5.69. The Balaban J connectivity index is 1.66. The maximum Gasteiger partial charge on any atom is 0.333 e. The van der Waals surface area contributed by atoms with Crippen LogP contribution in [0, 0.1) is 0 Å². The molecule has 3 nitrogen and oxygen atoms in total. The number of aryl methyl sites for hydroxylation is 1. The van der Waals surface area contributed by atoms with Gasteiger partial charge in [-0.05, 0) is 43.4 Å². The molecule has 0 unspecified atom stereocenters. The zero-order chi connectivity index (χ0) is 20.2. The van der Waals surface area contributed by atoms with Gasteiger partial charge in [0.2, 0.25) is 0 Å². The number of hydrogen-bond donors (Lipinski definition) is 0. The van der Waals surface area contributed by atoms with Crippen molar-refractivity contribution < 1.29 is 14.3 Å². The Morgan fingerprint density at radius 2 is 1.61 bits per heavy atom. The second kappa shape index (κ2) is 11.7. The number of ketones is 1. The molecular weight excluding hydrogens is 348 g/mol. The van der Waals surface area contributed by atoms with Crippen LogP contribution in [0.15, 0.2) is 72.8 Å². The highest BCUT2D eigenvalue weighted by Crippen LogP contribution is 2.12. The van der Waals surface area contributed by atoms with Crippen molar-refractivity contribution in [1.82, 2.24) is 0 Å². The molecule has 0 N–H and O–H groups in total. The molecule has 0 heterocycles.